The monoisotopic (exact) mass is 346 g/mol. The summed E-state index contributed by atoms with van der Waals surface area (Å²) in [5.41, 5.74) is 3.41. The van der Waals surface area contributed by atoms with Crippen molar-refractivity contribution in [1.29, 1.82) is 0 Å². The molecule has 0 bridgehead atoms. The molecular formula is C22H24N3O. The van der Waals surface area contributed by atoms with E-state index >= 15 is 0 Å². The first-order valence-electron chi connectivity index (χ1n) is 9.33. The Morgan fingerprint density at radius 1 is 0.885 bits per heavy atom. The van der Waals surface area contributed by atoms with Gasteiger partial charge in [0.05, 0.1) is 5.70 Å². The molecule has 2 aliphatic heterocycles. The number of nitrogens with zero attached hydrogens (tertiary/aromatic N) is 3. The lowest BCUT2D eigenvalue weighted by atomic mass is 10.0. The fourth-order valence-electron chi connectivity index (χ4n) is 3.77. The van der Waals surface area contributed by atoms with Crippen LogP contribution in [0.2, 0.25) is 0 Å². The van der Waals surface area contributed by atoms with Crippen LogP contribution in [0, 0.1) is 0 Å². The van der Waals surface area contributed by atoms with Crippen molar-refractivity contribution in [1.82, 2.24) is 15.1 Å². The number of likely N-dealkylation sites (tertiary alicyclic amines) is 1. The number of rotatable bonds is 5. The molecule has 26 heavy (non-hydrogen) atoms. The summed E-state index contributed by atoms with van der Waals surface area (Å²) in [6, 6.07) is 20.9. The van der Waals surface area contributed by atoms with Gasteiger partial charge in [-0.25, -0.2) is 4.79 Å². The van der Waals surface area contributed by atoms with Crippen molar-refractivity contribution in [2.45, 2.75) is 31.8 Å². The predicted molar refractivity (Wildman–Crippen MR) is 102 cm³/mol. The van der Waals surface area contributed by atoms with Crippen molar-refractivity contribution in [3.05, 3.63) is 83.7 Å². The average Bonchev–Trinajstić information content (AvgIpc) is 3.04. The van der Waals surface area contributed by atoms with Crippen LogP contribution in [0.15, 0.2) is 72.6 Å². The van der Waals surface area contributed by atoms with E-state index in [1.54, 1.807) is 0 Å². The second kappa shape index (κ2) is 7.75. The highest BCUT2D eigenvalue weighted by Gasteiger charge is 2.32. The molecule has 4 heteroatoms. The van der Waals surface area contributed by atoms with Gasteiger partial charge in [-0.05, 0) is 24.0 Å². The van der Waals surface area contributed by atoms with Crippen LogP contribution in [0.5, 0.6) is 0 Å². The normalized spacial score (nSPS) is 18.7. The Balaban J connectivity index is 1.33. The van der Waals surface area contributed by atoms with E-state index in [0.29, 0.717) is 0 Å². The summed E-state index contributed by atoms with van der Waals surface area (Å²) in [5, 5.41) is 4.26. The van der Waals surface area contributed by atoms with E-state index in [2.05, 4.69) is 52.7 Å². The SMILES string of the molecule is O=C1[N]C(Cc2ccccc2)=CN1C1CCN(Cc2ccccc2)CC1. The molecule has 0 atom stereocenters. The molecule has 2 aliphatic rings. The fraction of sp³-hybridized carbons (Fsp3) is 0.318. The Bertz CT molecular complexity index is 764. The number of hydrogen-bond donors (Lipinski definition) is 0. The second-order valence-electron chi connectivity index (χ2n) is 7.08. The van der Waals surface area contributed by atoms with Gasteiger partial charge in [-0.1, -0.05) is 60.7 Å². The second-order valence-corrected chi connectivity index (χ2v) is 7.08. The van der Waals surface area contributed by atoms with Crippen molar-refractivity contribution < 1.29 is 4.79 Å². The van der Waals surface area contributed by atoms with Crippen molar-refractivity contribution in [3.8, 4) is 0 Å². The number of carbonyl (C=O) groups excluding carboxylic acids is 1. The van der Waals surface area contributed by atoms with Crippen LogP contribution in [0.25, 0.3) is 0 Å². The summed E-state index contributed by atoms with van der Waals surface area (Å²) in [6.07, 6.45) is 4.69. The van der Waals surface area contributed by atoms with Gasteiger partial charge in [0.1, 0.15) is 0 Å². The largest absolute Gasteiger partial charge is 0.348 e. The van der Waals surface area contributed by atoms with E-state index in [1.165, 1.54) is 11.1 Å². The molecule has 2 heterocycles. The summed E-state index contributed by atoms with van der Waals surface area (Å²) in [5.74, 6) is 0. The van der Waals surface area contributed by atoms with Crippen molar-refractivity contribution in [3.63, 3.8) is 0 Å². The van der Waals surface area contributed by atoms with E-state index in [9.17, 15) is 4.79 Å². The molecule has 2 amide bonds. The molecule has 4 nitrogen and oxygen atoms in total. The van der Waals surface area contributed by atoms with Crippen LogP contribution in [0.3, 0.4) is 0 Å². The zero-order valence-corrected chi connectivity index (χ0v) is 14.9. The number of hydrogen-bond acceptors (Lipinski definition) is 2. The van der Waals surface area contributed by atoms with E-state index in [1.807, 2.05) is 29.3 Å². The Hall–Kier alpha value is -2.59. The van der Waals surface area contributed by atoms with E-state index in [0.717, 1.165) is 44.6 Å². The lowest BCUT2D eigenvalue weighted by Crippen LogP contribution is -2.44. The van der Waals surface area contributed by atoms with E-state index in [4.69, 9.17) is 0 Å². The zero-order valence-electron chi connectivity index (χ0n) is 14.9. The Morgan fingerprint density at radius 2 is 1.50 bits per heavy atom. The summed E-state index contributed by atoms with van der Waals surface area (Å²) in [6.45, 7) is 3.03. The van der Waals surface area contributed by atoms with Gasteiger partial charge in [0.15, 0.2) is 0 Å². The first-order valence-corrected chi connectivity index (χ1v) is 9.33. The predicted octanol–water partition coefficient (Wildman–Crippen LogP) is 3.78. The molecular weight excluding hydrogens is 322 g/mol. The highest BCUT2D eigenvalue weighted by atomic mass is 16.2. The molecule has 133 valence electrons. The average molecular weight is 346 g/mol. The molecule has 0 spiro atoms. The highest BCUT2D eigenvalue weighted by Crippen LogP contribution is 2.23. The molecule has 2 aromatic rings. The molecule has 1 radical (unpaired) electrons. The maximum Gasteiger partial charge on any atom is 0.348 e. The maximum atomic E-state index is 12.3. The number of urea groups is 1. The number of carbonyl (C=O) groups is 1. The summed E-state index contributed by atoms with van der Waals surface area (Å²) in [7, 11) is 0. The lowest BCUT2D eigenvalue weighted by Gasteiger charge is -2.35. The first kappa shape index (κ1) is 16.9. The molecule has 0 unspecified atom stereocenters. The Morgan fingerprint density at radius 3 is 2.15 bits per heavy atom. The Labute approximate surface area is 155 Å². The number of amides is 2. The quantitative estimate of drug-likeness (QED) is 0.826. The van der Waals surface area contributed by atoms with Crippen molar-refractivity contribution in [2.75, 3.05) is 13.1 Å². The van der Waals surface area contributed by atoms with Crippen LogP contribution in [-0.4, -0.2) is 35.0 Å². The minimum atomic E-state index is -0.0996. The lowest BCUT2D eigenvalue weighted by molar-refractivity contribution is 0.145. The molecule has 1 saturated heterocycles. The van der Waals surface area contributed by atoms with Gasteiger partial charge in [0, 0.05) is 38.3 Å². The number of benzene rings is 2. The van der Waals surface area contributed by atoms with Gasteiger partial charge in [-0.3, -0.25) is 9.80 Å². The van der Waals surface area contributed by atoms with Crippen LogP contribution < -0.4 is 5.32 Å². The molecule has 0 saturated carbocycles. The topological polar surface area (TPSA) is 37.7 Å². The Kier molecular flexibility index (Phi) is 5.02. The number of piperidine rings is 1. The van der Waals surface area contributed by atoms with Crippen LogP contribution in [-0.2, 0) is 13.0 Å². The zero-order chi connectivity index (χ0) is 17.8. The minimum Gasteiger partial charge on any atom is -0.299 e. The van der Waals surface area contributed by atoms with Gasteiger partial charge in [0.25, 0.3) is 0 Å². The molecule has 4 rings (SSSR count). The third-order valence-electron chi connectivity index (χ3n) is 5.18. The van der Waals surface area contributed by atoms with E-state index < -0.39 is 0 Å². The smallest absolute Gasteiger partial charge is 0.299 e. The number of allylic oxidation sites excluding steroid dienone is 1. The van der Waals surface area contributed by atoms with Gasteiger partial charge in [0.2, 0.25) is 0 Å². The maximum absolute atomic E-state index is 12.3. The molecule has 0 aromatic heterocycles. The third-order valence-corrected chi connectivity index (χ3v) is 5.18. The van der Waals surface area contributed by atoms with Gasteiger partial charge >= 0.3 is 6.03 Å². The van der Waals surface area contributed by atoms with Crippen LogP contribution >= 0.6 is 0 Å². The summed E-state index contributed by atoms with van der Waals surface area (Å²) in [4.78, 5) is 16.7. The minimum absolute atomic E-state index is 0.0996. The van der Waals surface area contributed by atoms with Crippen LogP contribution in [0.1, 0.15) is 24.0 Å². The molecule has 0 aliphatic carbocycles. The van der Waals surface area contributed by atoms with Crippen LogP contribution in [0.4, 0.5) is 4.79 Å². The summed E-state index contributed by atoms with van der Waals surface area (Å²) >= 11 is 0. The van der Waals surface area contributed by atoms with Crippen molar-refractivity contribution >= 4 is 6.03 Å². The van der Waals surface area contributed by atoms with Gasteiger partial charge in [-0.15, -0.1) is 0 Å². The molecule has 2 aromatic carbocycles. The van der Waals surface area contributed by atoms with Gasteiger partial charge < -0.3 is 0 Å². The summed E-state index contributed by atoms with van der Waals surface area (Å²) < 4.78 is 0. The molecule has 1 fully saturated rings. The van der Waals surface area contributed by atoms with Crippen molar-refractivity contribution in [2.24, 2.45) is 0 Å². The van der Waals surface area contributed by atoms with E-state index in [-0.39, 0.29) is 12.1 Å². The first-order chi connectivity index (χ1) is 12.8. The van der Waals surface area contributed by atoms with Gasteiger partial charge in [-0.2, -0.15) is 5.32 Å². The standard InChI is InChI=1S/C22H24N3O/c26-22-23-20(15-18-7-3-1-4-8-18)17-25(22)21-11-13-24(14-12-21)16-19-9-5-2-6-10-19/h1-10,17,21H,11-16H2. The molecule has 0 N–H and O–H groups in total. The highest BCUT2D eigenvalue weighted by molar-refractivity contribution is 5.80. The third kappa shape index (κ3) is 3.97. The fourth-order valence-corrected chi connectivity index (χ4v) is 3.77.